The first kappa shape index (κ1) is 13.7. The summed E-state index contributed by atoms with van der Waals surface area (Å²) in [4.78, 5) is 4.81. The van der Waals surface area contributed by atoms with Crippen molar-refractivity contribution in [2.24, 2.45) is 0 Å². The lowest BCUT2D eigenvalue weighted by Gasteiger charge is -2.30. The normalized spacial score (nSPS) is 19.8. The number of rotatable bonds is 4. The van der Waals surface area contributed by atoms with Gasteiger partial charge in [-0.2, -0.15) is 0 Å². The third-order valence-corrected chi connectivity index (χ3v) is 3.93. The number of anilines is 1. The Morgan fingerprint density at radius 3 is 2.83 bits per heavy atom. The fourth-order valence-corrected chi connectivity index (χ4v) is 3.08. The molecule has 1 atom stereocenters. The minimum atomic E-state index is 0.599. The lowest BCUT2D eigenvalue weighted by atomic mass is 10.1. The minimum Gasteiger partial charge on any atom is -0.367 e. The molecule has 1 aliphatic rings. The highest BCUT2D eigenvalue weighted by Crippen LogP contribution is 2.30. The molecule has 0 aliphatic carbocycles. The van der Waals surface area contributed by atoms with Crippen LogP contribution in [-0.4, -0.2) is 38.1 Å². The van der Waals surface area contributed by atoms with Crippen LogP contribution in [0.2, 0.25) is 0 Å². The van der Waals surface area contributed by atoms with E-state index in [9.17, 15) is 0 Å². The highest BCUT2D eigenvalue weighted by molar-refractivity contribution is 6.17. The molecule has 1 fully saturated rings. The van der Waals surface area contributed by atoms with E-state index in [0.717, 1.165) is 13.1 Å². The number of benzene rings is 1. The average Bonchev–Trinajstić information content (AvgIpc) is 2.76. The molecule has 0 spiro atoms. The van der Waals surface area contributed by atoms with E-state index in [1.807, 2.05) is 0 Å². The first-order valence-electron chi connectivity index (χ1n) is 6.68. The Kier molecular flexibility index (Phi) is 4.52. The quantitative estimate of drug-likeness (QED) is 0.772. The van der Waals surface area contributed by atoms with Gasteiger partial charge in [-0.15, -0.1) is 11.6 Å². The van der Waals surface area contributed by atoms with Crippen LogP contribution in [0, 0.1) is 6.92 Å². The molecular formula is C15H23ClN2. The van der Waals surface area contributed by atoms with Gasteiger partial charge in [0.05, 0.1) is 0 Å². The van der Waals surface area contributed by atoms with Gasteiger partial charge in [-0.25, -0.2) is 0 Å². The van der Waals surface area contributed by atoms with Crippen LogP contribution in [0.3, 0.4) is 0 Å². The average molecular weight is 267 g/mol. The Labute approximate surface area is 116 Å². The molecule has 1 aromatic rings. The van der Waals surface area contributed by atoms with E-state index in [0.29, 0.717) is 11.9 Å². The summed E-state index contributed by atoms with van der Waals surface area (Å²) >= 11 is 6.10. The molecule has 0 radical (unpaired) electrons. The number of hydrogen-bond donors (Lipinski definition) is 0. The molecule has 3 heteroatoms. The molecule has 0 aromatic heterocycles. The smallest absolute Gasteiger partial charge is 0.0494 e. The summed E-state index contributed by atoms with van der Waals surface area (Å²) in [5.41, 5.74) is 3.89. The zero-order valence-corrected chi connectivity index (χ0v) is 12.4. The number of halogens is 1. The second kappa shape index (κ2) is 5.94. The number of hydrogen-bond acceptors (Lipinski definition) is 2. The molecule has 2 rings (SSSR count). The lowest BCUT2D eigenvalue weighted by molar-refractivity contribution is 0.372. The Balaban J connectivity index is 2.24. The molecule has 1 saturated heterocycles. The third-order valence-electron chi connectivity index (χ3n) is 3.64. The predicted molar refractivity (Wildman–Crippen MR) is 79.7 cm³/mol. The van der Waals surface area contributed by atoms with E-state index in [4.69, 9.17) is 11.6 Å². The van der Waals surface area contributed by atoms with Gasteiger partial charge in [-0.1, -0.05) is 17.7 Å². The maximum Gasteiger partial charge on any atom is 0.0494 e. The molecular weight excluding hydrogens is 244 g/mol. The van der Waals surface area contributed by atoms with Crippen LogP contribution >= 0.6 is 11.6 Å². The van der Waals surface area contributed by atoms with E-state index in [1.165, 1.54) is 29.7 Å². The summed E-state index contributed by atoms with van der Waals surface area (Å²) in [6.07, 6.45) is 2.57. The molecule has 2 nitrogen and oxygen atoms in total. The number of alkyl halides is 1. The van der Waals surface area contributed by atoms with Crippen molar-refractivity contribution in [2.45, 2.75) is 31.7 Å². The van der Waals surface area contributed by atoms with Crippen LogP contribution in [0.5, 0.6) is 0 Å². The van der Waals surface area contributed by atoms with Gasteiger partial charge in [-0.05, 0) is 45.5 Å². The highest BCUT2D eigenvalue weighted by atomic mass is 35.5. The molecule has 100 valence electrons. The lowest BCUT2D eigenvalue weighted by Crippen LogP contribution is -2.38. The molecule has 1 heterocycles. The summed E-state index contributed by atoms with van der Waals surface area (Å²) in [6.45, 7) is 4.40. The predicted octanol–water partition coefficient (Wildman–Crippen LogP) is 3.26. The van der Waals surface area contributed by atoms with Gasteiger partial charge in [0.2, 0.25) is 0 Å². The second-order valence-electron chi connectivity index (χ2n) is 5.52. The van der Waals surface area contributed by atoms with Gasteiger partial charge in [0, 0.05) is 30.7 Å². The van der Waals surface area contributed by atoms with Crippen molar-refractivity contribution in [3.63, 3.8) is 0 Å². The molecule has 0 amide bonds. The van der Waals surface area contributed by atoms with Crippen LogP contribution in [-0.2, 0) is 5.88 Å². The first-order chi connectivity index (χ1) is 8.61. The number of aryl methyl sites for hydroxylation is 1. The Hall–Kier alpha value is -0.730. The van der Waals surface area contributed by atoms with Crippen LogP contribution in [0.25, 0.3) is 0 Å². The second-order valence-corrected chi connectivity index (χ2v) is 5.78. The summed E-state index contributed by atoms with van der Waals surface area (Å²) in [5, 5.41) is 0. The van der Waals surface area contributed by atoms with Crippen molar-refractivity contribution < 1.29 is 0 Å². The van der Waals surface area contributed by atoms with Crippen LogP contribution < -0.4 is 4.90 Å². The zero-order chi connectivity index (χ0) is 13.1. The zero-order valence-electron chi connectivity index (χ0n) is 11.6. The van der Waals surface area contributed by atoms with Crippen molar-refractivity contribution >= 4 is 17.3 Å². The van der Waals surface area contributed by atoms with Crippen molar-refractivity contribution in [3.8, 4) is 0 Å². The monoisotopic (exact) mass is 266 g/mol. The Bertz CT molecular complexity index is 403. The number of nitrogens with zero attached hydrogens (tertiary/aromatic N) is 2. The first-order valence-corrected chi connectivity index (χ1v) is 7.22. The van der Waals surface area contributed by atoms with Crippen LogP contribution in [0.4, 0.5) is 5.69 Å². The molecule has 0 N–H and O–H groups in total. The van der Waals surface area contributed by atoms with E-state index < -0.39 is 0 Å². The molecule has 0 saturated carbocycles. The fraction of sp³-hybridized carbons (Fsp3) is 0.600. The van der Waals surface area contributed by atoms with Gasteiger partial charge < -0.3 is 9.80 Å². The van der Waals surface area contributed by atoms with Gasteiger partial charge in [0.1, 0.15) is 0 Å². The van der Waals surface area contributed by atoms with E-state index in [2.05, 4.69) is 49.0 Å². The Morgan fingerprint density at radius 1 is 1.39 bits per heavy atom. The maximum atomic E-state index is 6.10. The summed E-state index contributed by atoms with van der Waals surface area (Å²) < 4.78 is 0. The van der Waals surface area contributed by atoms with Crippen molar-refractivity contribution in [2.75, 3.05) is 32.1 Å². The largest absolute Gasteiger partial charge is 0.367 e. The minimum absolute atomic E-state index is 0.599. The van der Waals surface area contributed by atoms with E-state index >= 15 is 0 Å². The highest BCUT2D eigenvalue weighted by Gasteiger charge is 2.26. The SMILES string of the molecule is Cc1ccc(N2CCCC2CN(C)C)c(CCl)c1. The van der Waals surface area contributed by atoms with Crippen LogP contribution in [0.15, 0.2) is 18.2 Å². The van der Waals surface area contributed by atoms with Gasteiger partial charge in [0.25, 0.3) is 0 Å². The van der Waals surface area contributed by atoms with E-state index in [1.54, 1.807) is 0 Å². The topological polar surface area (TPSA) is 6.48 Å². The van der Waals surface area contributed by atoms with Gasteiger partial charge in [-0.3, -0.25) is 0 Å². The van der Waals surface area contributed by atoms with Gasteiger partial charge in [0.15, 0.2) is 0 Å². The molecule has 1 unspecified atom stereocenters. The molecule has 0 bridgehead atoms. The van der Waals surface area contributed by atoms with Crippen molar-refractivity contribution in [1.82, 2.24) is 4.90 Å². The molecule has 1 aromatic carbocycles. The molecule has 1 aliphatic heterocycles. The fourth-order valence-electron chi connectivity index (χ4n) is 2.87. The summed E-state index contributed by atoms with van der Waals surface area (Å²) in [7, 11) is 4.29. The standard InChI is InChI=1S/C15H23ClN2/c1-12-6-7-15(13(9-12)10-16)18-8-4-5-14(18)11-17(2)3/h6-7,9,14H,4-5,8,10-11H2,1-3H3. The molecule has 18 heavy (non-hydrogen) atoms. The summed E-state index contributed by atoms with van der Waals surface area (Å²) in [6, 6.07) is 7.27. The van der Waals surface area contributed by atoms with Crippen molar-refractivity contribution in [1.29, 1.82) is 0 Å². The maximum absolute atomic E-state index is 6.10. The van der Waals surface area contributed by atoms with Crippen LogP contribution in [0.1, 0.15) is 24.0 Å². The number of likely N-dealkylation sites (N-methyl/N-ethyl adjacent to an activating group) is 1. The Morgan fingerprint density at radius 2 is 2.17 bits per heavy atom. The van der Waals surface area contributed by atoms with Gasteiger partial charge >= 0.3 is 0 Å². The summed E-state index contributed by atoms with van der Waals surface area (Å²) in [5.74, 6) is 0.599. The van der Waals surface area contributed by atoms with E-state index in [-0.39, 0.29) is 0 Å². The van der Waals surface area contributed by atoms with Crippen molar-refractivity contribution in [3.05, 3.63) is 29.3 Å². The third kappa shape index (κ3) is 2.99.